The largest absolute Gasteiger partial charge is 0.368 e. The van der Waals surface area contributed by atoms with Gasteiger partial charge in [-0.2, -0.15) is 4.98 Å². The molecular formula is C15H12ClN5S. The number of halogens is 1. The Morgan fingerprint density at radius 3 is 3.09 bits per heavy atom. The molecule has 7 heteroatoms. The van der Waals surface area contributed by atoms with Crippen LogP contribution < -0.4 is 5.32 Å². The molecule has 0 spiro atoms. The van der Waals surface area contributed by atoms with E-state index in [1.54, 1.807) is 5.51 Å². The molecular weight excluding hydrogens is 318 g/mol. The highest BCUT2D eigenvalue weighted by atomic mass is 35.5. The Balaban J connectivity index is 1.54. The number of thiazole rings is 1. The smallest absolute Gasteiger partial charge is 0.225 e. The van der Waals surface area contributed by atoms with Crippen molar-refractivity contribution in [1.29, 1.82) is 0 Å². The van der Waals surface area contributed by atoms with Crippen molar-refractivity contribution in [3.63, 3.8) is 0 Å². The number of anilines is 1. The first-order valence-corrected chi connectivity index (χ1v) is 8.12. The summed E-state index contributed by atoms with van der Waals surface area (Å²) in [4.78, 5) is 16.8. The van der Waals surface area contributed by atoms with E-state index >= 15 is 0 Å². The summed E-state index contributed by atoms with van der Waals surface area (Å²) in [5.74, 6) is 0.691. The van der Waals surface area contributed by atoms with Gasteiger partial charge >= 0.3 is 0 Å². The Kier molecular flexibility index (Phi) is 3.40. The van der Waals surface area contributed by atoms with Gasteiger partial charge in [0.15, 0.2) is 10.6 Å². The molecule has 0 saturated carbocycles. The molecule has 0 fully saturated rings. The third-order valence-electron chi connectivity index (χ3n) is 3.53. The summed E-state index contributed by atoms with van der Waals surface area (Å²) in [6.45, 7) is 0.752. The maximum Gasteiger partial charge on any atom is 0.225 e. The third kappa shape index (κ3) is 2.40. The summed E-state index contributed by atoms with van der Waals surface area (Å²) in [6, 6.07) is 8.29. The van der Waals surface area contributed by atoms with Gasteiger partial charge in [0.05, 0.1) is 5.51 Å². The lowest BCUT2D eigenvalue weighted by Crippen LogP contribution is -2.07. The number of hydrogen-bond acceptors (Lipinski definition) is 5. The molecule has 4 rings (SSSR count). The van der Waals surface area contributed by atoms with Gasteiger partial charge in [-0.25, -0.2) is 9.97 Å². The van der Waals surface area contributed by atoms with Crippen LogP contribution in [-0.4, -0.2) is 26.5 Å². The Hall–Kier alpha value is -2.18. The summed E-state index contributed by atoms with van der Waals surface area (Å²) in [5.41, 5.74) is 4.95. The molecule has 1 aromatic carbocycles. The Morgan fingerprint density at radius 1 is 1.23 bits per heavy atom. The number of benzene rings is 1. The molecule has 22 heavy (non-hydrogen) atoms. The van der Waals surface area contributed by atoms with Gasteiger partial charge < -0.3 is 10.3 Å². The van der Waals surface area contributed by atoms with E-state index in [2.05, 4.69) is 49.6 Å². The molecule has 0 bridgehead atoms. The predicted molar refractivity (Wildman–Crippen MR) is 90.7 cm³/mol. The van der Waals surface area contributed by atoms with Crippen molar-refractivity contribution in [3.05, 3.63) is 46.8 Å². The number of aromatic amines is 1. The highest BCUT2D eigenvalue weighted by molar-refractivity contribution is 7.16. The van der Waals surface area contributed by atoms with Crippen molar-refractivity contribution in [3.8, 4) is 0 Å². The molecule has 0 saturated heterocycles. The molecule has 5 nitrogen and oxygen atoms in total. The topological polar surface area (TPSA) is 66.5 Å². The number of H-pyrrole nitrogens is 1. The second-order valence-corrected chi connectivity index (χ2v) is 6.05. The molecule has 0 radical (unpaired) electrons. The lowest BCUT2D eigenvalue weighted by molar-refractivity contribution is 1.01. The van der Waals surface area contributed by atoms with Crippen molar-refractivity contribution in [2.75, 3.05) is 11.9 Å². The van der Waals surface area contributed by atoms with Crippen LogP contribution in [0.1, 0.15) is 5.56 Å². The number of aromatic nitrogens is 4. The van der Waals surface area contributed by atoms with Crippen molar-refractivity contribution in [2.24, 2.45) is 0 Å². The summed E-state index contributed by atoms with van der Waals surface area (Å²) in [7, 11) is 0. The van der Waals surface area contributed by atoms with Crippen molar-refractivity contribution in [2.45, 2.75) is 6.42 Å². The fourth-order valence-electron chi connectivity index (χ4n) is 2.51. The molecule has 3 aromatic heterocycles. The van der Waals surface area contributed by atoms with E-state index in [9.17, 15) is 0 Å². The van der Waals surface area contributed by atoms with Gasteiger partial charge in [-0.1, -0.05) is 18.2 Å². The zero-order valence-corrected chi connectivity index (χ0v) is 13.1. The van der Waals surface area contributed by atoms with Crippen LogP contribution in [0.4, 0.5) is 5.82 Å². The van der Waals surface area contributed by atoms with Gasteiger partial charge in [-0.15, -0.1) is 11.3 Å². The predicted octanol–water partition coefficient (Wildman–Crippen LogP) is 3.88. The number of nitrogens with zero attached hydrogens (tertiary/aromatic N) is 3. The molecule has 0 unspecified atom stereocenters. The van der Waals surface area contributed by atoms with E-state index in [-0.39, 0.29) is 5.28 Å². The second kappa shape index (κ2) is 5.55. The van der Waals surface area contributed by atoms with Crippen LogP contribution in [0.2, 0.25) is 5.28 Å². The molecule has 2 N–H and O–H groups in total. The number of nitrogens with one attached hydrogen (secondary N) is 2. The minimum atomic E-state index is 0.242. The van der Waals surface area contributed by atoms with E-state index in [1.165, 1.54) is 22.3 Å². The second-order valence-electron chi connectivity index (χ2n) is 4.88. The fourth-order valence-corrected chi connectivity index (χ4v) is 3.39. The van der Waals surface area contributed by atoms with E-state index in [4.69, 9.17) is 11.6 Å². The molecule has 4 aromatic rings. The maximum atomic E-state index is 5.95. The first-order chi connectivity index (χ1) is 10.8. The van der Waals surface area contributed by atoms with Gasteiger partial charge in [0.25, 0.3) is 0 Å². The quantitative estimate of drug-likeness (QED) is 0.558. The Bertz CT molecular complexity index is 945. The summed E-state index contributed by atoms with van der Waals surface area (Å²) < 4.78 is 0. The van der Waals surface area contributed by atoms with Crippen LogP contribution >= 0.6 is 22.9 Å². The van der Waals surface area contributed by atoms with Crippen LogP contribution in [0.3, 0.4) is 0 Å². The van der Waals surface area contributed by atoms with Crippen molar-refractivity contribution >= 4 is 50.0 Å². The van der Waals surface area contributed by atoms with E-state index in [0.29, 0.717) is 5.82 Å². The summed E-state index contributed by atoms with van der Waals surface area (Å²) in [5, 5.41) is 4.81. The molecule has 0 aliphatic rings. The lowest BCUT2D eigenvalue weighted by atomic mass is 10.1. The van der Waals surface area contributed by atoms with Gasteiger partial charge in [0.2, 0.25) is 5.28 Å². The SMILES string of the molecule is Clc1nc(NCCc2c[nH]c3ccccc23)c2ncsc2n1. The van der Waals surface area contributed by atoms with Crippen LogP contribution in [0.5, 0.6) is 0 Å². The Labute approximate surface area is 135 Å². The van der Waals surface area contributed by atoms with Gasteiger partial charge in [0, 0.05) is 23.6 Å². The molecule has 0 atom stereocenters. The number of fused-ring (bicyclic) bond motifs is 2. The first-order valence-electron chi connectivity index (χ1n) is 6.87. The summed E-state index contributed by atoms with van der Waals surface area (Å²) in [6.07, 6.45) is 2.94. The van der Waals surface area contributed by atoms with Crippen molar-refractivity contribution < 1.29 is 0 Å². The molecule has 110 valence electrons. The average molecular weight is 330 g/mol. The minimum absolute atomic E-state index is 0.242. The Morgan fingerprint density at radius 2 is 2.14 bits per heavy atom. The van der Waals surface area contributed by atoms with Crippen LogP contribution in [0.15, 0.2) is 36.0 Å². The van der Waals surface area contributed by atoms with Gasteiger partial charge in [-0.3, -0.25) is 0 Å². The molecule has 0 aliphatic heterocycles. The monoisotopic (exact) mass is 329 g/mol. The number of para-hydroxylation sites is 1. The normalized spacial score (nSPS) is 11.3. The number of hydrogen-bond donors (Lipinski definition) is 2. The fraction of sp³-hybridized carbons (Fsp3) is 0.133. The standard InChI is InChI=1S/C15H12ClN5S/c16-15-20-13(12-14(21-15)22-8-19-12)17-6-5-9-7-18-11-4-2-1-3-10(9)11/h1-4,7-8,18H,5-6H2,(H,17,20,21). The first kappa shape index (κ1) is 13.5. The zero-order chi connectivity index (χ0) is 14.9. The average Bonchev–Trinajstić information content (AvgIpc) is 3.14. The van der Waals surface area contributed by atoms with Gasteiger partial charge in [-0.05, 0) is 29.7 Å². The van der Waals surface area contributed by atoms with E-state index < -0.39 is 0 Å². The van der Waals surface area contributed by atoms with Gasteiger partial charge in [0.1, 0.15) is 5.52 Å². The zero-order valence-electron chi connectivity index (χ0n) is 11.5. The van der Waals surface area contributed by atoms with Crippen LogP contribution in [0.25, 0.3) is 21.3 Å². The molecule has 0 amide bonds. The lowest BCUT2D eigenvalue weighted by Gasteiger charge is -2.06. The minimum Gasteiger partial charge on any atom is -0.368 e. The third-order valence-corrected chi connectivity index (χ3v) is 4.42. The van der Waals surface area contributed by atoms with Crippen LogP contribution in [0, 0.1) is 0 Å². The van der Waals surface area contributed by atoms with Crippen LogP contribution in [-0.2, 0) is 6.42 Å². The van der Waals surface area contributed by atoms with E-state index in [0.717, 1.165) is 28.8 Å². The molecule has 0 aliphatic carbocycles. The summed E-state index contributed by atoms with van der Waals surface area (Å²) >= 11 is 7.41. The highest BCUT2D eigenvalue weighted by Crippen LogP contribution is 2.24. The molecule has 3 heterocycles. The maximum absolute atomic E-state index is 5.95. The van der Waals surface area contributed by atoms with E-state index in [1.807, 2.05) is 6.07 Å². The highest BCUT2D eigenvalue weighted by Gasteiger charge is 2.09. The number of rotatable bonds is 4. The van der Waals surface area contributed by atoms with Crippen molar-refractivity contribution in [1.82, 2.24) is 19.9 Å².